The van der Waals surface area contributed by atoms with Crippen LogP contribution in [0, 0.1) is 0 Å². The molecule has 0 atom stereocenters. The lowest BCUT2D eigenvalue weighted by Gasteiger charge is -2.32. The molecule has 1 fully saturated rings. The molecule has 0 aliphatic carbocycles. The molecule has 1 aliphatic rings. The minimum atomic E-state index is -0.631. The van der Waals surface area contributed by atoms with Crippen molar-refractivity contribution >= 4 is 24.4 Å². The summed E-state index contributed by atoms with van der Waals surface area (Å²) in [6, 6.07) is 4.92. The van der Waals surface area contributed by atoms with Crippen molar-refractivity contribution in [3.63, 3.8) is 0 Å². The van der Waals surface area contributed by atoms with Gasteiger partial charge in [-0.05, 0) is 51.4 Å². The Morgan fingerprint density at radius 1 is 0.870 bits per heavy atom. The zero-order chi connectivity index (χ0) is 17.4. The second-order valence-corrected chi connectivity index (χ2v) is 6.59. The second kappa shape index (κ2) is 5.98. The first kappa shape index (κ1) is 17.5. The number of hydrogen-bond acceptors (Lipinski definition) is 4. The minimum Gasteiger partial charge on any atom is -0.399 e. The van der Waals surface area contributed by atoms with Crippen molar-refractivity contribution in [2.24, 2.45) is 0 Å². The molecule has 1 heterocycles. The number of nitrogens with one attached hydrogen (secondary N) is 2. The van der Waals surface area contributed by atoms with Gasteiger partial charge in [-0.3, -0.25) is 9.59 Å². The second-order valence-electron chi connectivity index (χ2n) is 6.59. The Labute approximate surface area is 137 Å². The molecule has 2 N–H and O–H groups in total. The summed E-state index contributed by atoms with van der Waals surface area (Å²) in [6.07, 6.45) is 0. The average Bonchev–Trinajstić information content (AvgIpc) is 2.73. The van der Waals surface area contributed by atoms with Crippen LogP contribution in [0.15, 0.2) is 18.2 Å². The Hall–Kier alpha value is -1.86. The van der Waals surface area contributed by atoms with Crippen LogP contribution >= 0.6 is 0 Å². The largest absolute Gasteiger partial charge is 0.494 e. The molecule has 0 unspecified atom stereocenters. The summed E-state index contributed by atoms with van der Waals surface area (Å²) in [6.45, 7) is 7.81. The van der Waals surface area contributed by atoms with Crippen molar-refractivity contribution in [1.29, 1.82) is 0 Å². The highest BCUT2D eigenvalue weighted by Crippen LogP contribution is 2.36. The van der Waals surface area contributed by atoms with Crippen molar-refractivity contribution in [2.45, 2.75) is 38.9 Å². The molecule has 0 aromatic heterocycles. The molecule has 1 aromatic carbocycles. The molecule has 6 nitrogen and oxygen atoms in total. The van der Waals surface area contributed by atoms with Crippen LogP contribution in [0.5, 0.6) is 0 Å². The Morgan fingerprint density at radius 3 is 1.61 bits per heavy atom. The highest BCUT2D eigenvalue weighted by molar-refractivity contribution is 6.62. The van der Waals surface area contributed by atoms with E-state index in [1.54, 1.807) is 32.3 Å². The molecule has 0 radical (unpaired) electrons. The summed E-state index contributed by atoms with van der Waals surface area (Å²) in [5.41, 5.74) is 0.432. The van der Waals surface area contributed by atoms with Crippen molar-refractivity contribution in [3.8, 4) is 0 Å². The number of carbonyl (C=O) groups excluding carboxylic acids is 2. The zero-order valence-corrected chi connectivity index (χ0v) is 14.4. The fourth-order valence-electron chi connectivity index (χ4n) is 2.32. The average molecular weight is 318 g/mol. The molecule has 1 aromatic rings. The van der Waals surface area contributed by atoms with Gasteiger partial charge in [0.1, 0.15) is 0 Å². The fraction of sp³-hybridized carbons (Fsp3) is 0.500. The van der Waals surface area contributed by atoms with E-state index in [1.165, 1.54) is 0 Å². The van der Waals surface area contributed by atoms with E-state index in [0.717, 1.165) is 0 Å². The van der Waals surface area contributed by atoms with Gasteiger partial charge < -0.3 is 19.9 Å². The van der Waals surface area contributed by atoms with Gasteiger partial charge in [0.05, 0.1) is 11.2 Å². The van der Waals surface area contributed by atoms with Crippen LogP contribution in [0.2, 0.25) is 0 Å². The smallest absolute Gasteiger partial charge is 0.399 e. The van der Waals surface area contributed by atoms with Crippen molar-refractivity contribution in [1.82, 2.24) is 10.6 Å². The number of carbonyl (C=O) groups is 2. The first-order valence-corrected chi connectivity index (χ1v) is 7.56. The first-order valence-electron chi connectivity index (χ1n) is 7.56. The third-order valence-electron chi connectivity index (χ3n) is 4.46. The first-order chi connectivity index (χ1) is 10.6. The van der Waals surface area contributed by atoms with Crippen molar-refractivity contribution in [2.75, 3.05) is 14.1 Å². The predicted octanol–water partition coefficient (Wildman–Crippen LogP) is 0.705. The van der Waals surface area contributed by atoms with Crippen LogP contribution in [0.3, 0.4) is 0 Å². The van der Waals surface area contributed by atoms with Gasteiger partial charge >= 0.3 is 7.12 Å². The van der Waals surface area contributed by atoms with E-state index in [-0.39, 0.29) is 11.8 Å². The van der Waals surface area contributed by atoms with Crippen LogP contribution in [0.1, 0.15) is 48.4 Å². The van der Waals surface area contributed by atoms with Gasteiger partial charge in [0.15, 0.2) is 0 Å². The highest BCUT2D eigenvalue weighted by atomic mass is 16.7. The summed E-state index contributed by atoms with van der Waals surface area (Å²) >= 11 is 0. The lowest BCUT2D eigenvalue weighted by atomic mass is 9.77. The summed E-state index contributed by atoms with van der Waals surface area (Å²) in [5.74, 6) is -0.540. The molecule has 2 rings (SSSR count). The fourth-order valence-corrected chi connectivity index (χ4v) is 2.32. The van der Waals surface area contributed by atoms with Crippen LogP contribution in [0.25, 0.3) is 0 Å². The Kier molecular flexibility index (Phi) is 4.55. The lowest BCUT2D eigenvalue weighted by molar-refractivity contribution is 0.00578. The number of amides is 2. The van der Waals surface area contributed by atoms with E-state index in [1.807, 2.05) is 27.7 Å². The Balaban J connectivity index is 2.46. The predicted molar refractivity (Wildman–Crippen MR) is 88.9 cm³/mol. The van der Waals surface area contributed by atoms with E-state index in [0.29, 0.717) is 16.6 Å². The van der Waals surface area contributed by atoms with Gasteiger partial charge in [0.25, 0.3) is 11.8 Å². The summed E-state index contributed by atoms with van der Waals surface area (Å²) in [4.78, 5) is 23.9. The van der Waals surface area contributed by atoms with E-state index < -0.39 is 18.3 Å². The van der Waals surface area contributed by atoms with E-state index in [4.69, 9.17) is 9.31 Å². The number of rotatable bonds is 3. The van der Waals surface area contributed by atoms with Gasteiger partial charge in [0.2, 0.25) is 0 Å². The van der Waals surface area contributed by atoms with E-state index in [2.05, 4.69) is 10.6 Å². The Morgan fingerprint density at radius 2 is 1.26 bits per heavy atom. The van der Waals surface area contributed by atoms with Crippen LogP contribution in [-0.2, 0) is 9.31 Å². The lowest BCUT2D eigenvalue weighted by Crippen LogP contribution is -2.41. The molecule has 1 aliphatic heterocycles. The molecule has 124 valence electrons. The molecule has 0 bridgehead atoms. The highest BCUT2D eigenvalue weighted by Gasteiger charge is 2.51. The Bertz CT molecular complexity index is 593. The van der Waals surface area contributed by atoms with Crippen molar-refractivity contribution in [3.05, 3.63) is 29.3 Å². The maximum absolute atomic E-state index is 12.0. The maximum atomic E-state index is 12.0. The summed E-state index contributed by atoms with van der Waals surface area (Å²) in [5, 5.41) is 5.13. The zero-order valence-electron chi connectivity index (χ0n) is 14.4. The topological polar surface area (TPSA) is 76.7 Å². The monoisotopic (exact) mass is 318 g/mol. The van der Waals surface area contributed by atoms with Crippen LogP contribution in [-0.4, -0.2) is 44.2 Å². The van der Waals surface area contributed by atoms with Crippen LogP contribution < -0.4 is 16.1 Å². The molecular weight excluding hydrogens is 295 g/mol. The maximum Gasteiger partial charge on any atom is 0.494 e. The number of benzene rings is 1. The van der Waals surface area contributed by atoms with Gasteiger partial charge in [-0.1, -0.05) is 0 Å². The molecule has 1 saturated heterocycles. The van der Waals surface area contributed by atoms with Crippen molar-refractivity contribution < 1.29 is 18.9 Å². The molecule has 23 heavy (non-hydrogen) atoms. The van der Waals surface area contributed by atoms with Crippen LogP contribution in [0.4, 0.5) is 0 Å². The molecular formula is C16H23BN2O4. The standard InChI is InChI=1S/C16H23BN2O4/c1-15(2)16(3,4)23-17(22-15)12-8-10(13(20)18-5)7-11(9-12)14(21)19-6/h7-9H,1-6H3,(H,18,20)(H,19,21). The molecule has 0 saturated carbocycles. The van der Waals surface area contributed by atoms with Gasteiger partial charge in [-0.15, -0.1) is 0 Å². The normalized spacial score (nSPS) is 18.6. The van der Waals surface area contributed by atoms with E-state index >= 15 is 0 Å². The third-order valence-corrected chi connectivity index (χ3v) is 4.46. The van der Waals surface area contributed by atoms with Gasteiger partial charge in [0, 0.05) is 25.2 Å². The minimum absolute atomic E-state index is 0.270. The molecule has 7 heteroatoms. The summed E-state index contributed by atoms with van der Waals surface area (Å²) < 4.78 is 12.0. The molecule has 2 amide bonds. The number of hydrogen-bond donors (Lipinski definition) is 2. The quantitative estimate of drug-likeness (QED) is 0.805. The third kappa shape index (κ3) is 3.25. The van der Waals surface area contributed by atoms with Gasteiger partial charge in [-0.2, -0.15) is 0 Å². The van der Waals surface area contributed by atoms with E-state index in [9.17, 15) is 9.59 Å². The molecule has 0 spiro atoms. The SMILES string of the molecule is CNC(=O)c1cc(B2OC(C)(C)C(C)(C)O2)cc(C(=O)NC)c1. The summed E-state index contributed by atoms with van der Waals surface area (Å²) in [7, 11) is 2.46. The van der Waals surface area contributed by atoms with Gasteiger partial charge in [-0.25, -0.2) is 0 Å².